The van der Waals surface area contributed by atoms with Crippen LogP contribution in [0.1, 0.15) is 51.6 Å². The summed E-state index contributed by atoms with van der Waals surface area (Å²) in [5.74, 6) is -1.36. The summed E-state index contributed by atoms with van der Waals surface area (Å²) in [7, 11) is -8.06. The Labute approximate surface area is 415 Å². The largest absolute Gasteiger partial charge is 0.472 e. The zero-order valence-electron chi connectivity index (χ0n) is 38.2. The highest BCUT2D eigenvalue weighted by molar-refractivity contribution is 8.77. The van der Waals surface area contributed by atoms with Crippen molar-refractivity contribution in [2.75, 3.05) is 37.0 Å². The van der Waals surface area contributed by atoms with Crippen LogP contribution in [-0.2, 0) is 62.5 Å². The number of hydrogen-bond donors (Lipinski definition) is 7. The molecule has 11 atom stereocenters. The molecule has 1 aromatic carbocycles. The number of phosphoric acid groups is 2. The number of anilines is 2. The first-order valence-corrected chi connectivity index (χ1v) is 26.9. The van der Waals surface area contributed by atoms with E-state index in [-0.39, 0.29) is 46.5 Å². The highest BCUT2D eigenvalue weighted by atomic mass is 33.1. The van der Waals surface area contributed by atoms with Crippen LogP contribution in [0.3, 0.4) is 0 Å². The van der Waals surface area contributed by atoms with Crippen molar-refractivity contribution in [2.45, 2.75) is 106 Å². The molecular formula is C38H50N12O18P2S2. The van der Waals surface area contributed by atoms with Crippen LogP contribution < -0.4 is 22.5 Å². The Morgan fingerprint density at radius 1 is 1.01 bits per heavy atom. The van der Waals surface area contributed by atoms with Gasteiger partial charge in [-0.1, -0.05) is 71.7 Å². The molecule has 34 heteroatoms. The van der Waals surface area contributed by atoms with E-state index < -0.39 is 108 Å². The number of hydrogen-bond acceptors (Lipinski definition) is 24. The SMILES string of the molecule is CC(C)(C)SSC[C@H](NC(=O)OCc1ccc(N=[N+]=[N-])cc1)C(=O)OC1C(COP(=O)(O)O[C@H]2[C@@H](OC3CCCO3)[C@H](n3ccc(N)nc3=O)O[C@@H]2COP(=O)(O)O)OC(n2cnc3c(N)ncnc32)C1O. The van der Waals surface area contributed by atoms with Crippen LogP contribution >= 0.6 is 37.2 Å². The molecular weight excluding hydrogens is 1040 g/mol. The van der Waals surface area contributed by atoms with E-state index in [2.05, 4.69) is 35.3 Å². The lowest BCUT2D eigenvalue weighted by Gasteiger charge is -2.29. The van der Waals surface area contributed by atoms with Crippen molar-refractivity contribution in [1.82, 2.24) is 34.4 Å². The van der Waals surface area contributed by atoms with Crippen LogP contribution in [0, 0.1) is 0 Å². The van der Waals surface area contributed by atoms with Crippen LogP contribution in [0.4, 0.5) is 22.1 Å². The number of esters is 1. The number of fused-ring (bicyclic) bond motifs is 1. The summed E-state index contributed by atoms with van der Waals surface area (Å²) in [4.78, 5) is 89.7. The van der Waals surface area contributed by atoms with Crippen molar-refractivity contribution in [3.05, 3.63) is 75.7 Å². The number of nitrogens with one attached hydrogen (secondary N) is 1. The second kappa shape index (κ2) is 23.5. The molecule has 4 aromatic rings. The van der Waals surface area contributed by atoms with Gasteiger partial charge in [-0.15, -0.1) is 0 Å². The summed E-state index contributed by atoms with van der Waals surface area (Å²) in [6.45, 7) is 3.85. The molecule has 3 fully saturated rings. The minimum absolute atomic E-state index is 0.0222. The van der Waals surface area contributed by atoms with Crippen molar-refractivity contribution >= 4 is 77.8 Å². The molecule has 392 valence electrons. The molecule has 9 N–H and O–H groups in total. The fourth-order valence-corrected chi connectivity index (χ4v) is 11.1. The number of carbonyl (C=O) groups excluding carboxylic acids is 2. The van der Waals surface area contributed by atoms with Crippen LogP contribution in [0.2, 0.25) is 0 Å². The summed E-state index contributed by atoms with van der Waals surface area (Å²) in [6.07, 6.45) is -10.8. The van der Waals surface area contributed by atoms with Gasteiger partial charge in [0.05, 0.1) is 19.5 Å². The third-order valence-electron chi connectivity index (χ3n) is 10.5. The van der Waals surface area contributed by atoms with E-state index in [1.54, 1.807) is 12.1 Å². The van der Waals surface area contributed by atoms with Crippen LogP contribution in [-0.4, -0.2) is 140 Å². The molecule has 0 aliphatic carbocycles. The second-order valence-corrected chi connectivity index (χ2v) is 22.7. The molecule has 0 saturated carbocycles. The van der Waals surface area contributed by atoms with Crippen LogP contribution in [0.5, 0.6) is 0 Å². The zero-order chi connectivity index (χ0) is 52.0. The predicted octanol–water partition coefficient (Wildman–Crippen LogP) is 2.87. The normalized spacial score (nSPS) is 25.7. The van der Waals surface area contributed by atoms with E-state index in [0.717, 1.165) is 10.9 Å². The molecule has 3 saturated heterocycles. The van der Waals surface area contributed by atoms with E-state index in [1.165, 1.54) is 56.9 Å². The second-order valence-electron chi connectivity index (χ2n) is 16.9. The molecule has 1 amide bonds. The Bertz CT molecular complexity index is 2760. The summed E-state index contributed by atoms with van der Waals surface area (Å²) >= 11 is 0. The third-order valence-corrected chi connectivity index (χ3v) is 15.3. The van der Waals surface area contributed by atoms with Gasteiger partial charge in [-0.25, -0.2) is 38.5 Å². The highest BCUT2D eigenvalue weighted by Gasteiger charge is 2.54. The van der Waals surface area contributed by atoms with E-state index in [0.29, 0.717) is 24.1 Å². The van der Waals surface area contributed by atoms with E-state index in [4.69, 9.17) is 59.0 Å². The minimum atomic E-state index is -5.46. The van der Waals surface area contributed by atoms with Gasteiger partial charge in [0.1, 0.15) is 60.8 Å². The maximum atomic E-state index is 14.2. The molecule has 0 bridgehead atoms. The van der Waals surface area contributed by atoms with Crippen molar-refractivity contribution in [1.29, 1.82) is 0 Å². The number of nitrogen functional groups attached to an aromatic ring is 2. The molecule has 6 heterocycles. The van der Waals surface area contributed by atoms with E-state index >= 15 is 0 Å². The van der Waals surface area contributed by atoms with Gasteiger partial charge in [0.2, 0.25) is 0 Å². The molecule has 0 spiro atoms. The molecule has 3 aliphatic rings. The number of ether oxygens (including phenoxy) is 6. The van der Waals surface area contributed by atoms with Gasteiger partial charge in [0.25, 0.3) is 0 Å². The first-order chi connectivity index (χ1) is 34.1. The summed E-state index contributed by atoms with van der Waals surface area (Å²) in [5, 5.41) is 17.9. The predicted molar refractivity (Wildman–Crippen MR) is 251 cm³/mol. The highest BCUT2D eigenvalue weighted by Crippen LogP contribution is 2.51. The van der Waals surface area contributed by atoms with Crippen molar-refractivity contribution < 1.29 is 80.5 Å². The molecule has 0 radical (unpaired) electrons. The van der Waals surface area contributed by atoms with Crippen LogP contribution in [0.15, 0.2) is 59.1 Å². The lowest BCUT2D eigenvalue weighted by atomic mass is 10.1. The lowest BCUT2D eigenvalue weighted by molar-refractivity contribution is -0.181. The lowest BCUT2D eigenvalue weighted by Crippen LogP contribution is -2.48. The number of imidazole rings is 1. The quantitative estimate of drug-likeness (QED) is 0.0157. The van der Waals surface area contributed by atoms with Crippen molar-refractivity contribution in [2.24, 2.45) is 5.11 Å². The number of rotatable bonds is 21. The molecule has 3 aliphatic heterocycles. The number of alkyl carbamates (subject to hydrolysis) is 1. The van der Waals surface area contributed by atoms with Gasteiger partial charge in [-0.05, 0) is 23.6 Å². The Morgan fingerprint density at radius 2 is 1.74 bits per heavy atom. The van der Waals surface area contributed by atoms with Gasteiger partial charge in [-0.2, -0.15) is 4.98 Å². The smallest absolute Gasteiger partial charge is 0.455 e. The number of nitrogens with two attached hydrogens (primary N) is 2. The number of nitrogens with zero attached hydrogens (tertiary/aromatic N) is 9. The zero-order valence-corrected chi connectivity index (χ0v) is 41.7. The Kier molecular flexibility index (Phi) is 17.9. The topological polar surface area (TPSA) is 424 Å². The number of azide groups is 1. The van der Waals surface area contributed by atoms with Gasteiger partial charge in [0.15, 0.2) is 36.3 Å². The number of aliphatic hydroxyl groups is 1. The number of aromatic nitrogens is 6. The number of amides is 1. The summed E-state index contributed by atoms with van der Waals surface area (Å²) in [5.41, 5.74) is 20.5. The van der Waals surface area contributed by atoms with E-state index in [1.807, 2.05) is 20.8 Å². The maximum Gasteiger partial charge on any atom is 0.472 e. The minimum Gasteiger partial charge on any atom is -0.455 e. The Balaban J connectivity index is 1.14. The molecule has 30 nitrogen and oxygen atoms in total. The first-order valence-electron chi connectivity index (χ1n) is 21.6. The average Bonchev–Trinajstić information content (AvgIpc) is 4.11. The van der Waals surface area contributed by atoms with Gasteiger partial charge in [0, 0.05) is 40.3 Å². The number of phosphoric ester groups is 2. The van der Waals surface area contributed by atoms with Crippen molar-refractivity contribution in [3.8, 4) is 0 Å². The Hall–Kier alpha value is -4.98. The first kappa shape index (κ1) is 54.8. The van der Waals surface area contributed by atoms with Crippen LogP contribution in [0.25, 0.3) is 21.6 Å². The van der Waals surface area contributed by atoms with Gasteiger partial charge >= 0.3 is 33.4 Å². The number of aliphatic hydroxyl groups excluding tert-OH is 1. The van der Waals surface area contributed by atoms with Gasteiger partial charge in [-0.3, -0.25) is 22.7 Å². The fraction of sp³-hybridized carbons (Fsp3) is 0.553. The fourth-order valence-electron chi connectivity index (χ4n) is 7.30. The molecule has 3 aromatic heterocycles. The standard InChI is InChI=1S/C38H50N12O18P2S2/c1-38(2,3)72-71-16-21(45-37(54)61-13-19-6-8-20(9-7-19)47-48-41)35(52)67-28-22(64-33(27(28)51)50-18-44-26-31(40)42-17-43-32(26)50)15-63-70(58,59)68-29-23(14-62-69(55,56)57)65-34(30(29)66-25-5-4-12-60-25)49-11-10-24(39)46-36(49)53/h6-11,17-18,21-23,25,27-30,33-34,51H,4-5,12-16H2,1-3H3,(H,45,54)(H,58,59)(H2,39,46,53)(H2,40,42,43)(H2,55,56,57)/t21-,22?,23+,25?,27?,28?,29+,30+,33?,34+/m0/s1. The van der Waals surface area contributed by atoms with Gasteiger partial charge < -0.3 is 65.0 Å². The monoisotopic (exact) mass is 1090 g/mol. The molecule has 72 heavy (non-hydrogen) atoms. The summed E-state index contributed by atoms with van der Waals surface area (Å²) < 4.78 is 78.7. The maximum absolute atomic E-state index is 14.2. The summed E-state index contributed by atoms with van der Waals surface area (Å²) in [6, 6.07) is 5.97. The molecule has 6 unspecified atom stereocenters. The van der Waals surface area contributed by atoms with Crippen molar-refractivity contribution in [3.63, 3.8) is 0 Å². The molecule has 7 rings (SSSR count). The average molecular weight is 1090 g/mol. The Morgan fingerprint density at radius 3 is 2.42 bits per heavy atom. The van der Waals surface area contributed by atoms with E-state index in [9.17, 15) is 43.3 Å². The number of benzene rings is 1. The third kappa shape index (κ3) is 14.4. The number of carbonyl (C=O) groups is 2.